The number of carbonyl (C=O) groups excluding carboxylic acids is 2. The van der Waals surface area contributed by atoms with Gasteiger partial charge in [0.1, 0.15) is 0 Å². The summed E-state index contributed by atoms with van der Waals surface area (Å²) in [5.74, 6) is -0.424. The summed E-state index contributed by atoms with van der Waals surface area (Å²) < 4.78 is 0. The number of nitrogens with one attached hydrogen (secondary N) is 1. The van der Waals surface area contributed by atoms with Crippen molar-refractivity contribution in [3.63, 3.8) is 0 Å². The number of amides is 1. The molecule has 0 aromatic heterocycles. The Bertz CT molecular complexity index is 1210. The lowest BCUT2D eigenvalue weighted by Crippen LogP contribution is -2.46. The molecule has 176 valence electrons. The largest absolute Gasteiger partial charge is 0.369 e. The molecule has 0 bridgehead atoms. The van der Waals surface area contributed by atoms with Gasteiger partial charge in [-0.3, -0.25) is 9.59 Å². The highest BCUT2D eigenvalue weighted by Gasteiger charge is 2.20. The molecule has 0 atom stereocenters. The molecule has 3 aromatic carbocycles. The van der Waals surface area contributed by atoms with E-state index in [2.05, 4.69) is 34.2 Å². The summed E-state index contributed by atoms with van der Waals surface area (Å²) in [5.41, 5.74) is 6.50. The first-order chi connectivity index (χ1) is 16.4. The molecule has 1 aliphatic heterocycles. The van der Waals surface area contributed by atoms with Crippen molar-refractivity contribution in [1.29, 1.82) is 0 Å². The zero-order valence-corrected chi connectivity index (χ0v) is 20.5. The van der Waals surface area contributed by atoms with E-state index in [9.17, 15) is 9.59 Å². The summed E-state index contributed by atoms with van der Waals surface area (Å²) in [5, 5.41) is 3.02. The van der Waals surface area contributed by atoms with Crippen LogP contribution in [0.15, 0.2) is 60.7 Å². The Morgan fingerprint density at radius 2 is 1.50 bits per heavy atom. The molecule has 0 radical (unpaired) electrons. The van der Waals surface area contributed by atoms with E-state index >= 15 is 0 Å². The van der Waals surface area contributed by atoms with Crippen molar-refractivity contribution in [3.8, 4) is 0 Å². The molecule has 0 saturated carbocycles. The van der Waals surface area contributed by atoms with Crippen LogP contribution in [-0.2, 0) is 0 Å². The second kappa shape index (κ2) is 10.2. The number of likely N-dealkylation sites (N-methyl/N-ethyl adjacent to an activating group) is 1. The fraction of sp³-hybridized carbons (Fsp3) is 0.310. The molecule has 3 aromatic rings. The predicted molar refractivity (Wildman–Crippen MR) is 139 cm³/mol. The number of anilines is 2. The fourth-order valence-corrected chi connectivity index (χ4v) is 4.41. The van der Waals surface area contributed by atoms with Gasteiger partial charge in [-0.05, 0) is 74.3 Å². The van der Waals surface area contributed by atoms with Gasteiger partial charge in [0, 0.05) is 48.7 Å². The van der Waals surface area contributed by atoms with E-state index in [1.165, 1.54) is 5.69 Å². The normalized spacial score (nSPS) is 14.2. The Hall–Kier alpha value is -3.44. The monoisotopic (exact) mass is 455 g/mol. The number of ketones is 1. The second-order valence-electron chi connectivity index (χ2n) is 9.05. The maximum Gasteiger partial charge on any atom is 0.256 e. The fourth-order valence-electron chi connectivity index (χ4n) is 4.41. The topological polar surface area (TPSA) is 52.6 Å². The number of carbonyl (C=O) groups is 2. The lowest BCUT2D eigenvalue weighted by atomic mass is 9.95. The van der Waals surface area contributed by atoms with Crippen LogP contribution in [0.5, 0.6) is 0 Å². The van der Waals surface area contributed by atoms with E-state index < -0.39 is 0 Å². The Balaban J connectivity index is 1.52. The Morgan fingerprint density at radius 3 is 2.15 bits per heavy atom. The number of rotatable bonds is 6. The highest BCUT2D eigenvalue weighted by Crippen LogP contribution is 2.25. The minimum absolute atomic E-state index is 0.146. The first kappa shape index (κ1) is 23.7. The van der Waals surface area contributed by atoms with Crippen LogP contribution in [0.2, 0.25) is 0 Å². The lowest BCUT2D eigenvalue weighted by Gasteiger charge is -2.35. The zero-order valence-electron chi connectivity index (χ0n) is 20.5. The highest BCUT2D eigenvalue weighted by molar-refractivity contribution is 6.17. The van der Waals surface area contributed by atoms with Crippen molar-refractivity contribution in [1.82, 2.24) is 4.90 Å². The van der Waals surface area contributed by atoms with Crippen LogP contribution in [0.1, 0.15) is 49.9 Å². The Labute approximate surface area is 202 Å². The molecule has 1 fully saturated rings. The maximum atomic E-state index is 13.2. The number of hydrogen-bond donors (Lipinski definition) is 1. The average molecular weight is 456 g/mol. The maximum absolute atomic E-state index is 13.2. The quantitative estimate of drug-likeness (QED) is 0.517. The third-order valence-corrected chi connectivity index (χ3v) is 6.83. The van der Waals surface area contributed by atoms with Crippen molar-refractivity contribution in [2.45, 2.75) is 27.7 Å². The van der Waals surface area contributed by atoms with Crippen LogP contribution in [0.25, 0.3) is 0 Å². The third kappa shape index (κ3) is 5.05. The Morgan fingerprint density at radius 1 is 0.794 bits per heavy atom. The number of hydrogen-bond acceptors (Lipinski definition) is 4. The van der Waals surface area contributed by atoms with Crippen LogP contribution in [0, 0.1) is 20.8 Å². The molecule has 1 heterocycles. The summed E-state index contributed by atoms with van der Waals surface area (Å²) in [6, 6.07) is 18.8. The summed E-state index contributed by atoms with van der Waals surface area (Å²) in [6.45, 7) is 13.5. The summed E-state index contributed by atoms with van der Waals surface area (Å²) in [6.07, 6.45) is 0. The minimum Gasteiger partial charge on any atom is -0.369 e. The van der Waals surface area contributed by atoms with Crippen molar-refractivity contribution in [2.24, 2.45) is 0 Å². The van der Waals surface area contributed by atoms with Crippen molar-refractivity contribution in [2.75, 3.05) is 42.9 Å². The van der Waals surface area contributed by atoms with Crippen LogP contribution < -0.4 is 10.2 Å². The Kier molecular flexibility index (Phi) is 7.13. The predicted octanol–water partition coefficient (Wildman–Crippen LogP) is 5.24. The number of nitrogens with zero attached hydrogens (tertiary/aromatic N) is 2. The first-order valence-corrected chi connectivity index (χ1v) is 12.0. The molecule has 0 spiro atoms. The summed E-state index contributed by atoms with van der Waals surface area (Å²) in [4.78, 5) is 31.3. The molecule has 5 heteroatoms. The molecule has 4 rings (SSSR count). The van der Waals surface area contributed by atoms with Crippen molar-refractivity contribution in [3.05, 3.63) is 94.0 Å². The van der Waals surface area contributed by atoms with Gasteiger partial charge in [0.15, 0.2) is 5.78 Å². The zero-order chi connectivity index (χ0) is 24.2. The molecule has 0 aliphatic carbocycles. The van der Waals surface area contributed by atoms with Gasteiger partial charge in [-0.2, -0.15) is 0 Å². The van der Waals surface area contributed by atoms with E-state index in [1.54, 1.807) is 24.3 Å². The van der Waals surface area contributed by atoms with Crippen LogP contribution in [0.3, 0.4) is 0 Å². The summed E-state index contributed by atoms with van der Waals surface area (Å²) >= 11 is 0. The van der Waals surface area contributed by atoms with Gasteiger partial charge in [0.2, 0.25) is 0 Å². The van der Waals surface area contributed by atoms with Gasteiger partial charge in [-0.15, -0.1) is 0 Å². The van der Waals surface area contributed by atoms with Crippen molar-refractivity contribution < 1.29 is 9.59 Å². The summed E-state index contributed by atoms with van der Waals surface area (Å²) in [7, 11) is 0. The lowest BCUT2D eigenvalue weighted by molar-refractivity contribution is 0.0996. The van der Waals surface area contributed by atoms with Gasteiger partial charge in [0.05, 0.1) is 5.56 Å². The van der Waals surface area contributed by atoms with Gasteiger partial charge < -0.3 is 15.1 Å². The van der Waals surface area contributed by atoms with Gasteiger partial charge >= 0.3 is 0 Å². The van der Waals surface area contributed by atoms with Crippen LogP contribution in [-0.4, -0.2) is 49.3 Å². The molecule has 5 nitrogen and oxygen atoms in total. The molecule has 1 N–H and O–H groups in total. The van der Waals surface area contributed by atoms with E-state index in [0.717, 1.165) is 55.1 Å². The number of benzene rings is 3. The van der Waals surface area contributed by atoms with E-state index in [4.69, 9.17) is 0 Å². The van der Waals surface area contributed by atoms with Gasteiger partial charge in [-0.25, -0.2) is 0 Å². The first-order valence-electron chi connectivity index (χ1n) is 12.0. The van der Waals surface area contributed by atoms with Crippen LogP contribution in [0.4, 0.5) is 11.4 Å². The van der Waals surface area contributed by atoms with Gasteiger partial charge in [0.25, 0.3) is 5.91 Å². The highest BCUT2D eigenvalue weighted by atomic mass is 16.2. The molecular weight excluding hydrogens is 422 g/mol. The van der Waals surface area contributed by atoms with Crippen molar-refractivity contribution >= 4 is 23.1 Å². The van der Waals surface area contributed by atoms with E-state index in [-0.39, 0.29) is 11.7 Å². The third-order valence-electron chi connectivity index (χ3n) is 6.83. The number of aryl methyl sites for hydroxylation is 3. The van der Waals surface area contributed by atoms with Crippen LogP contribution >= 0.6 is 0 Å². The average Bonchev–Trinajstić information content (AvgIpc) is 2.86. The minimum atomic E-state index is -0.278. The SMILES string of the molecule is CCN1CCN(c2ccc(NC(=O)c3ccccc3C(=O)c3ccc(C)c(C)c3)c(C)c2)CC1. The number of piperazine rings is 1. The molecule has 1 saturated heterocycles. The standard InChI is InChI=1S/C29H33N3O2/c1-5-31-14-16-32(17-15-31)24-12-13-27(22(4)19-24)30-29(34)26-9-7-6-8-25(26)28(33)23-11-10-20(2)21(3)18-23/h6-13,18-19H,5,14-17H2,1-4H3,(H,30,34). The smallest absolute Gasteiger partial charge is 0.256 e. The molecule has 1 aliphatic rings. The van der Waals surface area contributed by atoms with E-state index in [0.29, 0.717) is 16.7 Å². The molecule has 1 amide bonds. The molecular formula is C29H33N3O2. The van der Waals surface area contributed by atoms with E-state index in [1.807, 2.05) is 45.0 Å². The second-order valence-corrected chi connectivity index (χ2v) is 9.05. The molecule has 0 unspecified atom stereocenters. The van der Waals surface area contributed by atoms with Gasteiger partial charge in [-0.1, -0.05) is 37.3 Å². The molecule has 34 heavy (non-hydrogen) atoms.